The van der Waals surface area contributed by atoms with Crippen molar-refractivity contribution in [3.8, 4) is 5.75 Å². The van der Waals surface area contributed by atoms with Crippen LogP contribution in [0.5, 0.6) is 5.75 Å². The molecular weight excluding hydrogens is 283 g/mol. The molecule has 0 spiro atoms. The lowest BCUT2D eigenvalue weighted by molar-refractivity contribution is -0.120. The number of fused-ring (bicyclic) bond motifs is 1. The van der Waals surface area contributed by atoms with Crippen molar-refractivity contribution < 1.29 is 13.9 Å². The van der Waals surface area contributed by atoms with Crippen LogP contribution in [0, 0.1) is 5.82 Å². The van der Waals surface area contributed by atoms with Gasteiger partial charge in [-0.25, -0.2) is 4.39 Å². The number of para-hydroxylation sites is 1. The van der Waals surface area contributed by atoms with E-state index in [9.17, 15) is 9.18 Å². The summed E-state index contributed by atoms with van der Waals surface area (Å²) in [6.07, 6.45) is 0.749. The summed E-state index contributed by atoms with van der Waals surface area (Å²) in [4.78, 5) is 12.1. The Morgan fingerprint density at radius 1 is 1.18 bits per heavy atom. The molecule has 1 aliphatic heterocycles. The summed E-state index contributed by atoms with van der Waals surface area (Å²) >= 11 is 0. The zero-order valence-corrected chi connectivity index (χ0v) is 12.0. The Morgan fingerprint density at radius 2 is 1.95 bits per heavy atom. The SMILES string of the molecule is O=C(CNc1ccc(F)cc1)NC1CCOc2ccccc21. The van der Waals surface area contributed by atoms with Gasteiger partial charge < -0.3 is 15.4 Å². The second kappa shape index (κ2) is 6.47. The fraction of sp³-hybridized carbons (Fsp3) is 0.235. The summed E-state index contributed by atoms with van der Waals surface area (Å²) in [7, 11) is 0. The predicted octanol–water partition coefficient (Wildman–Crippen LogP) is 2.88. The summed E-state index contributed by atoms with van der Waals surface area (Å²) in [5.41, 5.74) is 1.72. The Morgan fingerprint density at radius 3 is 2.77 bits per heavy atom. The van der Waals surface area contributed by atoms with Crippen molar-refractivity contribution in [2.45, 2.75) is 12.5 Å². The minimum atomic E-state index is -0.297. The average Bonchev–Trinajstić information content (AvgIpc) is 2.55. The van der Waals surface area contributed by atoms with E-state index in [1.54, 1.807) is 12.1 Å². The van der Waals surface area contributed by atoms with Gasteiger partial charge in [-0.1, -0.05) is 18.2 Å². The molecule has 2 aromatic carbocycles. The number of halogens is 1. The van der Waals surface area contributed by atoms with Gasteiger partial charge in [-0.05, 0) is 30.3 Å². The van der Waals surface area contributed by atoms with E-state index >= 15 is 0 Å². The third kappa shape index (κ3) is 3.36. The van der Waals surface area contributed by atoms with E-state index in [1.807, 2.05) is 24.3 Å². The number of ether oxygens (including phenoxy) is 1. The molecular formula is C17H17FN2O2. The maximum Gasteiger partial charge on any atom is 0.239 e. The molecule has 0 fully saturated rings. The molecule has 0 bridgehead atoms. The van der Waals surface area contributed by atoms with Crippen LogP contribution >= 0.6 is 0 Å². The third-order valence-corrected chi connectivity index (χ3v) is 3.59. The van der Waals surface area contributed by atoms with Crippen molar-refractivity contribution in [2.24, 2.45) is 0 Å². The highest BCUT2D eigenvalue weighted by Gasteiger charge is 2.22. The largest absolute Gasteiger partial charge is 0.493 e. The quantitative estimate of drug-likeness (QED) is 0.913. The van der Waals surface area contributed by atoms with Crippen LogP contribution in [0.2, 0.25) is 0 Å². The lowest BCUT2D eigenvalue weighted by Crippen LogP contribution is -2.35. The van der Waals surface area contributed by atoms with Gasteiger partial charge in [-0.3, -0.25) is 4.79 Å². The van der Waals surface area contributed by atoms with Crippen molar-refractivity contribution in [3.63, 3.8) is 0 Å². The maximum absolute atomic E-state index is 12.8. The molecule has 1 aliphatic rings. The van der Waals surface area contributed by atoms with Crippen molar-refractivity contribution in [3.05, 3.63) is 59.9 Å². The van der Waals surface area contributed by atoms with Crippen molar-refractivity contribution in [1.29, 1.82) is 0 Å². The standard InChI is InChI=1S/C17H17FN2O2/c18-12-5-7-13(8-6-12)19-11-17(21)20-15-9-10-22-16-4-2-1-3-14(15)16/h1-8,15,19H,9-11H2,(H,20,21). The molecule has 4 nitrogen and oxygen atoms in total. The van der Waals surface area contributed by atoms with Gasteiger partial charge in [0, 0.05) is 17.7 Å². The van der Waals surface area contributed by atoms with Crippen molar-refractivity contribution in [1.82, 2.24) is 5.32 Å². The first-order chi connectivity index (χ1) is 10.7. The van der Waals surface area contributed by atoms with Gasteiger partial charge in [-0.2, -0.15) is 0 Å². The molecule has 0 aromatic heterocycles. The van der Waals surface area contributed by atoms with Crippen LogP contribution in [0.3, 0.4) is 0 Å². The number of hydrogen-bond acceptors (Lipinski definition) is 3. The van der Waals surface area contributed by atoms with Crippen LogP contribution in [0.1, 0.15) is 18.0 Å². The minimum absolute atomic E-state index is 0.0348. The van der Waals surface area contributed by atoms with Gasteiger partial charge in [-0.15, -0.1) is 0 Å². The Hall–Kier alpha value is -2.56. The van der Waals surface area contributed by atoms with E-state index in [0.717, 1.165) is 17.7 Å². The fourth-order valence-corrected chi connectivity index (χ4v) is 2.49. The molecule has 1 amide bonds. The molecule has 2 aromatic rings. The second-order valence-electron chi connectivity index (χ2n) is 5.16. The van der Waals surface area contributed by atoms with Crippen LogP contribution in [-0.2, 0) is 4.79 Å². The van der Waals surface area contributed by atoms with E-state index < -0.39 is 0 Å². The normalized spacial score (nSPS) is 16.3. The fourth-order valence-electron chi connectivity index (χ4n) is 2.49. The Bertz CT molecular complexity index is 658. The van der Waals surface area contributed by atoms with Crippen LogP contribution < -0.4 is 15.4 Å². The number of rotatable bonds is 4. The molecule has 114 valence electrons. The smallest absolute Gasteiger partial charge is 0.239 e. The Balaban J connectivity index is 1.57. The van der Waals surface area contributed by atoms with E-state index in [2.05, 4.69) is 10.6 Å². The van der Waals surface area contributed by atoms with Gasteiger partial charge in [0.15, 0.2) is 0 Å². The Kier molecular flexibility index (Phi) is 4.23. The number of anilines is 1. The Labute approximate surface area is 128 Å². The van der Waals surface area contributed by atoms with Crippen LogP contribution in [0.25, 0.3) is 0 Å². The zero-order chi connectivity index (χ0) is 15.4. The lowest BCUT2D eigenvalue weighted by Gasteiger charge is -2.26. The maximum atomic E-state index is 12.8. The molecule has 0 saturated carbocycles. The monoisotopic (exact) mass is 300 g/mol. The first-order valence-corrected chi connectivity index (χ1v) is 7.23. The molecule has 22 heavy (non-hydrogen) atoms. The predicted molar refractivity (Wildman–Crippen MR) is 82.3 cm³/mol. The number of amides is 1. The number of carbonyl (C=O) groups is 1. The average molecular weight is 300 g/mol. The summed E-state index contributed by atoms with van der Waals surface area (Å²) < 4.78 is 18.4. The topological polar surface area (TPSA) is 50.4 Å². The van der Waals surface area contributed by atoms with Gasteiger partial charge in [0.2, 0.25) is 5.91 Å². The summed E-state index contributed by atoms with van der Waals surface area (Å²) in [6, 6.07) is 13.6. The van der Waals surface area contributed by atoms with Crippen molar-refractivity contribution >= 4 is 11.6 Å². The van der Waals surface area contributed by atoms with Gasteiger partial charge >= 0.3 is 0 Å². The van der Waals surface area contributed by atoms with Crippen LogP contribution in [0.4, 0.5) is 10.1 Å². The van der Waals surface area contributed by atoms with Gasteiger partial charge in [0.1, 0.15) is 11.6 Å². The van der Waals surface area contributed by atoms with Crippen LogP contribution in [-0.4, -0.2) is 19.1 Å². The number of hydrogen-bond donors (Lipinski definition) is 2. The van der Waals surface area contributed by atoms with Crippen LogP contribution in [0.15, 0.2) is 48.5 Å². The minimum Gasteiger partial charge on any atom is -0.493 e. The highest BCUT2D eigenvalue weighted by Crippen LogP contribution is 2.31. The van der Waals surface area contributed by atoms with E-state index in [-0.39, 0.29) is 24.3 Å². The highest BCUT2D eigenvalue weighted by atomic mass is 19.1. The molecule has 0 saturated heterocycles. The third-order valence-electron chi connectivity index (χ3n) is 3.59. The van der Waals surface area contributed by atoms with E-state index in [4.69, 9.17) is 4.74 Å². The first-order valence-electron chi connectivity index (χ1n) is 7.23. The number of nitrogens with one attached hydrogen (secondary N) is 2. The van der Waals surface area contributed by atoms with Crippen molar-refractivity contribution in [2.75, 3.05) is 18.5 Å². The summed E-state index contributed by atoms with van der Waals surface area (Å²) in [6.45, 7) is 0.735. The number of carbonyl (C=O) groups excluding carboxylic acids is 1. The number of benzene rings is 2. The molecule has 5 heteroatoms. The van der Waals surface area contributed by atoms with Gasteiger partial charge in [0.25, 0.3) is 0 Å². The van der Waals surface area contributed by atoms with Gasteiger partial charge in [0.05, 0.1) is 19.2 Å². The molecule has 0 radical (unpaired) electrons. The zero-order valence-electron chi connectivity index (χ0n) is 12.0. The van der Waals surface area contributed by atoms with E-state index in [0.29, 0.717) is 12.3 Å². The molecule has 1 atom stereocenters. The second-order valence-corrected chi connectivity index (χ2v) is 5.16. The lowest BCUT2D eigenvalue weighted by atomic mass is 10.0. The molecule has 1 unspecified atom stereocenters. The summed E-state index contributed by atoms with van der Waals surface area (Å²) in [5, 5.41) is 5.98. The first kappa shape index (κ1) is 14.4. The molecule has 0 aliphatic carbocycles. The highest BCUT2D eigenvalue weighted by molar-refractivity contribution is 5.81. The molecule has 2 N–H and O–H groups in total. The molecule has 1 heterocycles. The molecule has 3 rings (SSSR count). The summed E-state index contributed by atoms with van der Waals surface area (Å²) in [5.74, 6) is 0.422. The van der Waals surface area contributed by atoms with E-state index in [1.165, 1.54) is 12.1 Å².